The SMILES string of the molecule is O=C(CC(=O)NN=Cc1c[nH]c2ccccc12)NN=Cc1c[nH]c2ccccc12. The van der Waals surface area contributed by atoms with Crippen LogP contribution in [0.2, 0.25) is 0 Å². The van der Waals surface area contributed by atoms with Crippen molar-refractivity contribution in [1.82, 2.24) is 20.8 Å². The molecular formula is C21H18N6O2. The van der Waals surface area contributed by atoms with Crippen molar-refractivity contribution in [2.24, 2.45) is 10.2 Å². The zero-order valence-electron chi connectivity index (χ0n) is 15.3. The number of nitrogens with one attached hydrogen (secondary N) is 4. The standard InChI is InChI=1S/C21H18N6O2/c28-20(26-24-12-14-10-22-18-7-3-1-5-16(14)18)9-21(29)27-25-13-15-11-23-19-8-4-2-6-17(15)19/h1-8,10-13,22-23H,9H2,(H,26,28)(H,27,29). The molecule has 0 saturated carbocycles. The van der Waals surface area contributed by atoms with Gasteiger partial charge in [0.05, 0.1) is 12.4 Å². The first-order valence-electron chi connectivity index (χ1n) is 8.97. The van der Waals surface area contributed by atoms with Gasteiger partial charge in [-0.3, -0.25) is 9.59 Å². The van der Waals surface area contributed by atoms with Crippen molar-refractivity contribution in [1.29, 1.82) is 0 Å². The molecule has 0 aliphatic rings. The van der Waals surface area contributed by atoms with Crippen LogP contribution in [0, 0.1) is 0 Å². The first-order chi connectivity index (χ1) is 14.2. The highest BCUT2D eigenvalue weighted by molar-refractivity contribution is 6.01. The summed E-state index contributed by atoms with van der Waals surface area (Å²) in [5.41, 5.74) is 8.33. The smallest absolute Gasteiger partial charge is 0.249 e. The lowest BCUT2D eigenvalue weighted by Gasteiger charge is -1.99. The fourth-order valence-corrected chi connectivity index (χ4v) is 2.97. The number of H-pyrrole nitrogens is 2. The molecule has 2 aromatic carbocycles. The molecule has 4 rings (SSSR count). The molecule has 0 aliphatic heterocycles. The van der Waals surface area contributed by atoms with Crippen molar-refractivity contribution in [3.8, 4) is 0 Å². The lowest BCUT2D eigenvalue weighted by molar-refractivity contribution is -0.129. The minimum Gasteiger partial charge on any atom is -0.361 e. The van der Waals surface area contributed by atoms with E-state index in [1.807, 2.05) is 48.5 Å². The second-order valence-electron chi connectivity index (χ2n) is 6.34. The minimum atomic E-state index is -0.527. The second kappa shape index (κ2) is 8.22. The molecule has 0 saturated heterocycles. The topological polar surface area (TPSA) is 114 Å². The molecule has 2 aromatic heterocycles. The summed E-state index contributed by atoms with van der Waals surface area (Å²) in [6, 6.07) is 15.5. The van der Waals surface area contributed by atoms with Gasteiger partial charge in [0.2, 0.25) is 11.8 Å². The molecule has 0 atom stereocenters. The minimum absolute atomic E-state index is 0.379. The molecule has 4 N–H and O–H groups in total. The van der Waals surface area contributed by atoms with Gasteiger partial charge in [-0.1, -0.05) is 36.4 Å². The van der Waals surface area contributed by atoms with Crippen LogP contribution in [0.15, 0.2) is 71.1 Å². The molecule has 29 heavy (non-hydrogen) atoms. The van der Waals surface area contributed by atoms with Crippen molar-refractivity contribution in [3.05, 3.63) is 72.1 Å². The van der Waals surface area contributed by atoms with E-state index in [4.69, 9.17) is 0 Å². The largest absolute Gasteiger partial charge is 0.361 e. The highest BCUT2D eigenvalue weighted by Gasteiger charge is 2.08. The summed E-state index contributed by atoms with van der Waals surface area (Å²) in [5, 5.41) is 9.80. The van der Waals surface area contributed by atoms with E-state index in [2.05, 4.69) is 31.0 Å². The van der Waals surface area contributed by atoms with Crippen LogP contribution in [-0.2, 0) is 9.59 Å². The van der Waals surface area contributed by atoms with Gasteiger partial charge in [-0.15, -0.1) is 0 Å². The highest BCUT2D eigenvalue weighted by Crippen LogP contribution is 2.16. The number of para-hydroxylation sites is 2. The number of benzene rings is 2. The first-order valence-corrected chi connectivity index (χ1v) is 8.97. The van der Waals surface area contributed by atoms with Gasteiger partial charge in [-0.25, -0.2) is 10.9 Å². The molecule has 0 fully saturated rings. The Bertz CT molecular complexity index is 1140. The lowest BCUT2D eigenvalue weighted by atomic mass is 10.2. The summed E-state index contributed by atoms with van der Waals surface area (Å²) >= 11 is 0. The number of carbonyl (C=O) groups excluding carboxylic acids is 2. The van der Waals surface area contributed by atoms with Gasteiger partial charge >= 0.3 is 0 Å². The fourth-order valence-electron chi connectivity index (χ4n) is 2.97. The zero-order valence-corrected chi connectivity index (χ0v) is 15.3. The molecule has 2 heterocycles. The van der Waals surface area contributed by atoms with Gasteiger partial charge in [0.25, 0.3) is 0 Å². The van der Waals surface area contributed by atoms with Crippen LogP contribution >= 0.6 is 0 Å². The second-order valence-corrected chi connectivity index (χ2v) is 6.34. The van der Waals surface area contributed by atoms with Crippen LogP contribution in [0.4, 0.5) is 0 Å². The van der Waals surface area contributed by atoms with E-state index in [-0.39, 0.29) is 6.42 Å². The molecule has 0 aliphatic carbocycles. The molecule has 8 heteroatoms. The van der Waals surface area contributed by atoms with Crippen molar-refractivity contribution >= 4 is 46.0 Å². The molecule has 0 bridgehead atoms. The van der Waals surface area contributed by atoms with E-state index in [0.717, 1.165) is 32.9 Å². The predicted octanol–water partition coefficient (Wildman–Crippen LogP) is 2.64. The molecule has 0 unspecified atom stereocenters. The van der Waals surface area contributed by atoms with E-state index in [1.54, 1.807) is 12.4 Å². The number of aromatic nitrogens is 2. The van der Waals surface area contributed by atoms with Crippen molar-refractivity contribution in [2.75, 3.05) is 0 Å². The first kappa shape index (κ1) is 18.2. The van der Waals surface area contributed by atoms with Crippen LogP contribution in [0.5, 0.6) is 0 Å². The summed E-state index contributed by atoms with van der Waals surface area (Å²) in [4.78, 5) is 30.0. The summed E-state index contributed by atoms with van der Waals surface area (Å²) < 4.78 is 0. The van der Waals surface area contributed by atoms with Crippen LogP contribution in [0.1, 0.15) is 17.5 Å². The van der Waals surface area contributed by atoms with E-state index in [0.29, 0.717) is 0 Å². The number of hydrogen-bond donors (Lipinski definition) is 4. The maximum Gasteiger partial charge on any atom is 0.249 e. The third-order valence-corrected chi connectivity index (χ3v) is 4.35. The Morgan fingerprint density at radius 2 is 1.21 bits per heavy atom. The van der Waals surface area contributed by atoms with Gasteiger partial charge in [-0.2, -0.15) is 10.2 Å². The number of hydrogen-bond acceptors (Lipinski definition) is 4. The number of nitrogens with zero attached hydrogens (tertiary/aromatic N) is 2. The van der Waals surface area contributed by atoms with E-state index in [1.165, 1.54) is 12.4 Å². The molecule has 0 radical (unpaired) electrons. The number of amides is 2. The molecule has 0 spiro atoms. The highest BCUT2D eigenvalue weighted by atomic mass is 16.2. The monoisotopic (exact) mass is 386 g/mol. The number of rotatable bonds is 6. The summed E-state index contributed by atoms with van der Waals surface area (Å²) in [5.74, 6) is -1.05. The van der Waals surface area contributed by atoms with Crippen LogP contribution in [0.25, 0.3) is 21.8 Å². The maximum absolute atomic E-state index is 11.9. The number of aromatic amines is 2. The number of carbonyl (C=O) groups is 2. The normalized spacial score (nSPS) is 11.6. The molecule has 144 valence electrons. The Kier molecular flexibility index (Phi) is 5.15. The molecular weight excluding hydrogens is 368 g/mol. The van der Waals surface area contributed by atoms with E-state index in [9.17, 15) is 9.59 Å². The Labute approximate surface area is 165 Å². The average molecular weight is 386 g/mol. The third kappa shape index (κ3) is 4.22. The van der Waals surface area contributed by atoms with Crippen molar-refractivity contribution in [2.45, 2.75) is 6.42 Å². The molecule has 8 nitrogen and oxygen atoms in total. The van der Waals surface area contributed by atoms with E-state index < -0.39 is 11.8 Å². The van der Waals surface area contributed by atoms with Crippen LogP contribution in [-0.4, -0.2) is 34.2 Å². The van der Waals surface area contributed by atoms with Gasteiger partial charge < -0.3 is 9.97 Å². The zero-order chi connectivity index (χ0) is 20.1. The quantitative estimate of drug-likeness (QED) is 0.232. The third-order valence-electron chi connectivity index (χ3n) is 4.35. The average Bonchev–Trinajstić information content (AvgIpc) is 3.33. The summed E-state index contributed by atoms with van der Waals surface area (Å²) in [7, 11) is 0. The van der Waals surface area contributed by atoms with Crippen molar-refractivity contribution < 1.29 is 9.59 Å². The van der Waals surface area contributed by atoms with Gasteiger partial charge in [0, 0.05) is 45.3 Å². The molecule has 2 amide bonds. The summed E-state index contributed by atoms with van der Waals surface area (Å²) in [6.07, 6.45) is 6.28. The Hall–Kier alpha value is -4.20. The Morgan fingerprint density at radius 1 is 0.759 bits per heavy atom. The van der Waals surface area contributed by atoms with Gasteiger partial charge in [0.15, 0.2) is 0 Å². The van der Waals surface area contributed by atoms with E-state index >= 15 is 0 Å². The van der Waals surface area contributed by atoms with Crippen LogP contribution < -0.4 is 10.9 Å². The Morgan fingerprint density at radius 3 is 1.69 bits per heavy atom. The fraction of sp³-hybridized carbons (Fsp3) is 0.0476. The predicted molar refractivity (Wildman–Crippen MR) is 113 cm³/mol. The molecule has 4 aromatic rings. The van der Waals surface area contributed by atoms with Crippen LogP contribution in [0.3, 0.4) is 0 Å². The number of fused-ring (bicyclic) bond motifs is 2. The maximum atomic E-state index is 11.9. The Balaban J connectivity index is 1.27. The van der Waals surface area contributed by atoms with Gasteiger partial charge in [-0.05, 0) is 12.1 Å². The number of hydrazone groups is 2. The van der Waals surface area contributed by atoms with Crippen molar-refractivity contribution in [3.63, 3.8) is 0 Å². The summed E-state index contributed by atoms with van der Waals surface area (Å²) in [6.45, 7) is 0. The van der Waals surface area contributed by atoms with Gasteiger partial charge in [0.1, 0.15) is 6.42 Å². The lowest BCUT2D eigenvalue weighted by Crippen LogP contribution is -2.27.